The molecule has 82 valence electrons. The van der Waals surface area contributed by atoms with Gasteiger partial charge in [-0.25, -0.2) is 0 Å². The Kier molecular flexibility index (Phi) is 2.91. The van der Waals surface area contributed by atoms with Crippen molar-refractivity contribution in [3.05, 3.63) is 59.5 Å². The van der Waals surface area contributed by atoms with Gasteiger partial charge in [-0.05, 0) is 23.6 Å². The van der Waals surface area contributed by atoms with Crippen molar-refractivity contribution in [2.45, 2.75) is 19.8 Å². The van der Waals surface area contributed by atoms with E-state index < -0.39 is 0 Å². The third kappa shape index (κ3) is 2.06. The maximum Gasteiger partial charge on any atom is 0.228 e. The second-order valence-electron chi connectivity index (χ2n) is 4.08. The molecule has 0 fully saturated rings. The fourth-order valence-electron chi connectivity index (χ4n) is 1.57. The molecule has 0 aliphatic rings. The van der Waals surface area contributed by atoms with Gasteiger partial charge in [0.2, 0.25) is 5.78 Å². The molecular formula is C14H14O2. The molecule has 1 aromatic carbocycles. The van der Waals surface area contributed by atoms with Crippen LogP contribution in [-0.4, -0.2) is 5.78 Å². The summed E-state index contributed by atoms with van der Waals surface area (Å²) in [6.07, 6.45) is 1.51. The van der Waals surface area contributed by atoms with Crippen LogP contribution in [0.2, 0.25) is 0 Å². The summed E-state index contributed by atoms with van der Waals surface area (Å²) in [6, 6.07) is 11.1. The predicted molar refractivity (Wildman–Crippen MR) is 62.7 cm³/mol. The lowest BCUT2D eigenvalue weighted by molar-refractivity contribution is 0.101. The number of benzene rings is 1. The minimum atomic E-state index is -0.0692. The number of carbonyl (C=O) groups excluding carboxylic acids is 1. The zero-order valence-electron chi connectivity index (χ0n) is 9.44. The highest BCUT2D eigenvalue weighted by Crippen LogP contribution is 2.16. The molecule has 0 amide bonds. The van der Waals surface area contributed by atoms with E-state index in [2.05, 4.69) is 13.8 Å². The SMILES string of the molecule is CC(C)c1ccc(C(=O)c2ccco2)cc1. The molecule has 0 aliphatic heterocycles. The molecule has 0 radical (unpaired) electrons. The van der Waals surface area contributed by atoms with Crippen LogP contribution in [0.1, 0.15) is 41.4 Å². The molecule has 16 heavy (non-hydrogen) atoms. The van der Waals surface area contributed by atoms with Crippen molar-refractivity contribution in [2.24, 2.45) is 0 Å². The maximum absolute atomic E-state index is 11.9. The van der Waals surface area contributed by atoms with E-state index in [1.165, 1.54) is 11.8 Å². The van der Waals surface area contributed by atoms with Crippen molar-refractivity contribution in [1.82, 2.24) is 0 Å². The highest BCUT2D eigenvalue weighted by Gasteiger charge is 2.11. The summed E-state index contributed by atoms with van der Waals surface area (Å²) in [5.41, 5.74) is 1.90. The summed E-state index contributed by atoms with van der Waals surface area (Å²) in [6.45, 7) is 4.26. The quantitative estimate of drug-likeness (QED) is 0.730. The van der Waals surface area contributed by atoms with Gasteiger partial charge >= 0.3 is 0 Å². The van der Waals surface area contributed by atoms with Gasteiger partial charge in [0.25, 0.3) is 0 Å². The van der Waals surface area contributed by atoms with Gasteiger partial charge in [-0.2, -0.15) is 0 Å². The summed E-state index contributed by atoms with van der Waals surface area (Å²) >= 11 is 0. The Labute approximate surface area is 94.9 Å². The first-order valence-electron chi connectivity index (χ1n) is 5.36. The van der Waals surface area contributed by atoms with Crippen LogP contribution >= 0.6 is 0 Å². The molecular weight excluding hydrogens is 200 g/mol. The smallest absolute Gasteiger partial charge is 0.228 e. The Balaban J connectivity index is 2.25. The minimum absolute atomic E-state index is 0.0692. The largest absolute Gasteiger partial charge is 0.461 e. The van der Waals surface area contributed by atoms with E-state index in [9.17, 15) is 4.79 Å². The molecule has 0 saturated carbocycles. The molecule has 0 saturated heterocycles. The zero-order chi connectivity index (χ0) is 11.5. The van der Waals surface area contributed by atoms with Gasteiger partial charge in [0.1, 0.15) is 0 Å². The van der Waals surface area contributed by atoms with Crippen LogP contribution < -0.4 is 0 Å². The van der Waals surface area contributed by atoms with Crippen LogP contribution in [0.5, 0.6) is 0 Å². The summed E-state index contributed by atoms with van der Waals surface area (Å²) in [5, 5.41) is 0. The maximum atomic E-state index is 11.9. The molecule has 0 bridgehead atoms. The van der Waals surface area contributed by atoms with E-state index in [1.54, 1.807) is 12.1 Å². The highest BCUT2D eigenvalue weighted by atomic mass is 16.3. The standard InChI is InChI=1S/C14H14O2/c1-10(2)11-5-7-12(8-6-11)14(15)13-4-3-9-16-13/h3-10H,1-2H3. The van der Waals surface area contributed by atoms with Gasteiger partial charge in [-0.1, -0.05) is 38.1 Å². The molecule has 2 nitrogen and oxygen atoms in total. The second-order valence-corrected chi connectivity index (χ2v) is 4.08. The molecule has 2 heteroatoms. The van der Waals surface area contributed by atoms with Crippen LogP contribution in [0.25, 0.3) is 0 Å². The van der Waals surface area contributed by atoms with Gasteiger partial charge in [-0.15, -0.1) is 0 Å². The Hall–Kier alpha value is -1.83. The van der Waals surface area contributed by atoms with E-state index >= 15 is 0 Å². The first-order valence-corrected chi connectivity index (χ1v) is 5.36. The molecule has 2 aromatic rings. The number of carbonyl (C=O) groups is 1. The van der Waals surface area contributed by atoms with E-state index in [4.69, 9.17) is 4.42 Å². The van der Waals surface area contributed by atoms with Crippen LogP contribution in [0, 0.1) is 0 Å². The molecule has 0 N–H and O–H groups in total. The number of ketones is 1. The molecule has 1 heterocycles. The summed E-state index contributed by atoms with van der Waals surface area (Å²) in [4.78, 5) is 11.9. The zero-order valence-corrected chi connectivity index (χ0v) is 9.44. The van der Waals surface area contributed by atoms with E-state index in [0.717, 1.165) is 0 Å². The van der Waals surface area contributed by atoms with Crippen LogP contribution in [-0.2, 0) is 0 Å². The van der Waals surface area contributed by atoms with Gasteiger partial charge in [0.05, 0.1) is 6.26 Å². The average Bonchev–Trinajstić information content (AvgIpc) is 2.81. The van der Waals surface area contributed by atoms with Crippen molar-refractivity contribution in [2.75, 3.05) is 0 Å². The van der Waals surface area contributed by atoms with Crippen molar-refractivity contribution in [1.29, 1.82) is 0 Å². The first-order chi connectivity index (χ1) is 7.68. The fraction of sp³-hybridized carbons (Fsp3) is 0.214. The summed E-state index contributed by atoms with van der Waals surface area (Å²) < 4.78 is 5.08. The molecule has 0 spiro atoms. The average molecular weight is 214 g/mol. The van der Waals surface area contributed by atoms with E-state index in [1.807, 2.05) is 24.3 Å². The Morgan fingerprint density at radius 3 is 2.31 bits per heavy atom. The van der Waals surface area contributed by atoms with E-state index in [0.29, 0.717) is 17.2 Å². The fourth-order valence-corrected chi connectivity index (χ4v) is 1.57. The van der Waals surface area contributed by atoms with Crippen LogP contribution in [0.15, 0.2) is 47.1 Å². The lowest BCUT2D eigenvalue weighted by Crippen LogP contribution is -1.99. The number of rotatable bonds is 3. The van der Waals surface area contributed by atoms with Gasteiger partial charge in [0, 0.05) is 5.56 Å². The van der Waals surface area contributed by atoms with Crippen LogP contribution in [0.4, 0.5) is 0 Å². The number of hydrogen-bond acceptors (Lipinski definition) is 2. The van der Waals surface area contributed by atoms with Gasteiger partial charge in [-0.3, -0.25) is 4.79 Å². The van der Waals surface area contributed by atoms with Crippen LogP contribution in [0.3, 0.4) is 0 Å². The summed E-state index contributed by atoms with van der Waals surface area (Å²) in [5.74, 6) is 0.797. The molecule has 0 atom stereocenters. The van der Waals surface area contributed by atoms with E-state index in [-0.39, 0.29) is 5.78 Å². The lowest BCUT2D eigenvalue weighted by atomic mass is 10.00. The Bertz CT molecular complexity index is 464. The molecule has 1 aromatic heterocycles. The summed E-state index contributed by atoms with van der Waals surface area (Å²) in [7, 11) is 0. The normalized spacial score (nSPS) is 10.7. The topological polar surface area (TPSA) is 30.2 Å². The molecule has 2 rings (SSSR count). The first kappa shape index (κ1) is 10.7. The molecule has 0 unspecified atom stereocenters. The number of hydrogen-bond donors (Lipinski definition) is 0. The Morgan fingerprint density at radius 1 is 1.12 bits per heavy atom. The predicted octanol–water partition coefficient (Wildman–Crippen LogP) is 3.63. The monoisotopic (exact) mass is 214 g/mol. The van der Waals surface area contributed by atoms with Crippen molar-refractivity contribution < 1.29 is 9.21 Å². The van der Waals surface area contributed by atoms with Crippen molar-refractivity contribution in [3.63, 3.8) is 0 Å². The molecule has 0 aliphatic carbocycles. The second kappa shape index (κ2) is 4.35. The van der Waals surface area contributed by atoms with Crippen molar-refractivity contribution in [3.8, 4) is 0 Å². The Morgan fingerprint density at radius 2 is 1.81 bits per heavy atom. The minimum Gasteiger partial charge on any atom is -0.461 e. The third-order valence-electron chi connectivity index (χ3n) is 2.58. The van der Waals surface area contributed by atoms with Gasteiger partial charge < -0.3 is 4.42 Å². The lowest BCUT2D eigenvalue weighted by Gasteiger charge is -2.05. The van der Waals surface area contributed by atoms with Gasteiger partial charge in [0.15, 0.2) is 5.76 Å². The highest BCUT2D eigenvalue weighted by molar-refractivity contribution is 6.07. The number of furan rings is 1. The van der Waals surface area contributed by atoms with Crippen molar-refractivity contribution >= 4 is 5.78 Å². The third-order valence-corrected chi connectivity index (χ3v) is 2.58.